The van der Waals surface area contributed by atoms with Gasteiger partial charge in [0.15, 0.2) is 5.82 Å². The molecule has 122 valence electrons. The molecule has 1 aromatic heterocycles. The number of nitrogens with zero attached hydrogens (tertiary/aromatic N) is 3. The van der Waals surface area contributed by atoms with Crippen LogP contribution >= 0.6 is 27.5 Å². The van der Waals surface area contributed by atoms with E-state index in [-0.39, 0.29) is 12.6 Å². The molecule has 3 rings (SSSR count). The van der Waals surface area contributed by atoms with Crippen LogP contribution in [0.5, 0.6) is 5.75 Å². The second kappa shape index (κ2) is 7.46. The second-order valence-electron chi connectivity index (χ2n) is 4.79. The zero-order valence-corrected chi connectivity index (χ0v) is 14.8. The topological polar surface area (TPSA) is 86.0 Å². The van der Waals surface area contributed by atoms with E-state index in [1.807, 2.05) is 36.4 Å². The summed E-state index contributed by atoms with van der Waals surface area (Å²) in [6, 6.07) is 14.9. The number of rotatable bonds is 5. The van der Waals surface area contributed by atoms with Gasteiger partial charge in [-0.25, -0.2) is 0 Å². The van der Waals surface area contributed by atoms with Crippen LogP contribution in [0.4, 0.5) is 17.6 Å². The molecular formula is C16H13BrClN5O. The molecule has 3 aromatic rings. The molecule has 24 heavy (non-hydrogen) atoms. The van der Waals surface area contributed by atoms with E-state index in [1.54, 1.807) is 12.1 Å². The Bertz CT molecular complexity index is 847. The standard InChI is InChI=1S/C16H13BrClN5O/c17-10-6-7-13(12(18)8-10)24-9-14-21-15(19)23-16(22-14)20-11-4-2-1-3-5-11/h1-8H,9H2,(H3,19,20,21,22,23). The van der Waals surface area contributed by atoms with Crippen molar-refractivity contribution in [2.45, 2.75) is 6.61 Å². The van der Waals surface area contributed by atoms with Gasteiger partial charge < -0.3 is 15.8 Å². The predicted molar refractivity (Wildman–Crippen MR) is 97.4 cm³/mol. The molecule has 0 bridgehead atoms. The Morgan fingerprint density at radius 2 is 1.88 bits per heavy atom. The molecule has 0 aliphatic carbocycles. The maximum Gasteiger partial charge on any atom is 0.232 e. The van der Waals surface area contributed by atoms with Crippen molar-refractivity contribution in [1.82, 2.24) is 15.0 Å². The van der Waals surface area contributed by atoms with E-state index >= 15 is 0 Å². The third-order valence-corrected chi connectivity index (χ3v) is 3.77. The smallest absolute Gasteiger partial charge is 0.232 e. The zero-order chi connectivity index (χ0) is 16.9. The van der Waals surface area contributed by atoms with Crippen molar-refractivity contribution >= 4 is 45.1 Å². The molecule has 0 unspecified atom stereocenters. The lowest BCUT2D eigenvalue weighted by Crippen LogP contribution is -2.09. The fourth-order valence-electron chi connectivity index (χ4n) is 1.94. The third kappa shape index (κ3) is 4.33. The summed E-state index contributed by atoms with van der Waals surface area (Å²) in [5.74, 6) is 1.41. The van der Waals surface area contributed by atoms with Gasteiger partial charge in [0, 0.05) is 10.2 Å². The molecule has 3 N–H and O–H groups in total. The van der Waals surface area contributed by atoms with E-state index in [4.69, 9.17) is 22.1 Å². The summed E-state index contributed by atoms with van der Waals surface area (Å²) in [7, 11) is 0. The first-order valence-corrected chi connectivity index (χ1v) is 8.17. The highest BCUT2D eigenvalue weighted by atomic mass is 79.9. The third-order valence-electron chi connectivity index (χ3n) is 2.98. The van der Waals surface area contributed by atoms with E-state index in [1.165, 1.54) is 0 Å². The molecule has 0 atom stereocenters. The fourth-order valence-corrected chi connectivity index (χ4v) is 2.67. The summed E-state index contributed by atoms with van der Waals surface area (Å²) in [6.45, 7) is 0.123. The summed E-state index contributed by atoms with van der Waals surface area (Å²) in [6.07, 6.45) is 0. The van der Waals surface area contributed by atoms with Gasteiger partial charge in [0.05, 0.1) is 5.02 Å². The maximum absolute atomic E-state index is 6.12. The van der Waals surface area contributed by atoms with Crippen LogP contribution in [-0.2, 0) is 6.61 Å². The zero-order valence-electron chi connectivity index (χ0n) is 12.4. The summed E-state index contributed by atoms with van der Waals surface area (Å²) in [5, 5.41) is 3.57. The van der Waals surface area contributed by atoms with Gasteiger partial charge >= 0.3 is 0 Å². The number of hydrogen-bond donors (Lipinski definition) is 2. The fraction of sp³-hybridized carbons (Fsp3) is 0.0625. The van der Waals surface area contributed by atoms with Crippen molar-refractivity contribution in [2.24, 2.45) is 0 Å². The molecule has 6 nitrogen and oxygen atoms in total. The lowest BCUT2D eigenvalue weighted by molar-refractivity contribution is 0.296. The molecule has 0 saturated carbocycles. The number of nitrogens with two attached hydrogens (primary N) is 1. The number of benzene rings is 2. The van der Waals surface area contributed by atoms with Crippen molar-refractivity contribution in [3.05, 3.63) is 63.9 Å². The van der Waals surface area contributed by atoms with Crippen LogP contribution in [0.15, 0.2) is 53.0 Å². The highest BCUT2D eigenvalue weighted by molar-refractivity contribution is 9.10. The van der Waals surface area contributed by atoms with Gasteiger partial charge in [-0.1, -0.05) is 45.7 Å². The van der Waals surface area contributed by atoms with Crippen molar-refractivity contribution in [3.8, 4) is 5.75 Å². The van der Waals surface area contributed by atoms with Gasteiger partial charge in [-0.2, -0.15) is 15.0 Å². The average molecular weight is 407 g/mol. The first-order chi connectivity index (χ1) is 11.6. The van der Waals surface area contributed by atoms with E-state index in [0.717, 1.165) is 10.2 Å². The number of halogens is 2. The molecule has 0 radical (unpaired) electrons. The Hall–Kier alpha value is -2.38. The molecular weight excluding hydrogens is 394 g/mol. The van der Waals surface area contributed by atoms with Crippen molar-refractivity contribution in [1.29, 1.82) is 0 Å². The van der Waals surface area contributed by atoms with Gasteiger partial charge in [-0.05, 0) is 30.3 Å². The largest absolute Gasteiger partial charge is 0.484 e. The van der Waals surface area contributed by atoms with Gasteiger partial charge in [-0.3, -0.25) is 0 Å². The quantitative estimate of drug-likeness (QED) is 0.660. The molecule has 0 aliphatic rings. The molecule has 8 heteroatoms. The number of nitrogens with one attached hydrogen (secondary N) is 1. The Morgan fingerprint density at radius 3 is 2.62 bits per heavy atom. The van der Waals surface area contributed by atoms with E-state index in [2.05, 4.69) is 36.2 Å². The molecule has 2 aromatic carbocycles. The average Bonchev–Trinajstić information content (AvgIpc) is 2.54. The van der Waals surface area contributed by atoms with Crippen LogP contribution in [0.3, 0.4) is 0 Å². The second-order valence-corrected chi connectivity index (χ2v) is 6.11. The van der Waals surface area contributed by atoms with Gasteiger partial charge in [0.25, 0.3) is 0 Å². The molecule has 0 spiro atoms. The minimum absolute atomic E-state index is 0.115. The Balaban J connectivity index is 1.74. The minimum Gasteiger partial charge on any atom is -0.484 e. The lowest BCUT2D eigenvalue weighted by atomic mass is 10.3. The van der Waals surface area contributed by atoms with E-state index in [9.17, 15) is 0 Å². The van der Waals surface area contributed by atoms with E-state index < -0.39 is 0 Å². The predicted octanol–water partition coefficient (Wildman–Crippen LogP) is 4.19. The number of para-hydroxylation sites is 1. The first-order valence-electron chi connectivity index (χ1n) is 7.00. The maximum atomic E-state index is 6.12. The molecule has 0 aliphatic heterocycles. The Labute approximate surface area is 152 Å². The summed E-state index contributed by atoms with van der Waals surface area (Å²) in [4.78, 5) is 12.4. The molecule has 0 saturated heterocycles. The number of anilines is 3. The summed E-state index contributed by atoms with van der Waals surface area (Å²) < 4.78 is 6.52. The Kier molecular flexibility index (Phi) is 5.12. The highest BCUT2D eigenvalue weighted by Gasteiger charge is 2.08. The van der Waals surface area contributed by atoms with Gasteiger partial charge in [0.1, 0.15) is 12.4 Å². The summed E-state index contributed by atoms with van der Waals surface area (Å²) in [5.41, 5.74) is 6.59. The van der Waals surface area contributed by atoms with Crippen molar-refractivity contribution in [3.63, 3.8) is 0 Å². The van der Waals surface area contributed by atoms with Gasteiger partial charge in [-0.15, -0.1) is 0 Å². The van der Waals surface area contributed by atoms with Crippen LogP contribution in [0.25, 0.3) is 0 Å². The van der Waals surface area contributed by atoms with Crippen LogP contribution in [0, 0.1) is 0 Å². The number of aromatic nitrogens is 3. The molecule has 1 heterocycles. The number of ether oxygens (including phenoxy) is 1. The van der Waals surface area contributed by atoms with Crippen LogP contribution in [0.1, 0.15) is 5.82 Å². The first kappa shape index (κ1) is 16.5. The number of nitrogen functional groups attached to an aromatic ring is 1. The van der Waals surface area contributed by atoms with E-state index in [0.29, 0.717) is 22.5 Å². The number of hydrogen-bond acceptors (Lipinski definition) is 6. The highest BCUT2D eigenvalue weighted by Crippen LogP contribution is 2.28. The van der Waals surface area contributed by atoms with Crippen molar-refractivity contribution < 1.29 is 4.74 Å². The van der Waals surface area contributed by atoms with Gasteiger partial charge in [0.2, 0.25) is 11.9 Å². The normalized spacial score (nSPS) is 10.4. The van der Waals surface area contributed by atoms with Crippen molar-refractivity contribution in [2.75, 3.05) is 11.1 Å². The SMILES string of the molecule is Nc1nc(COc2ccc(Br)cc2Cl)nc(Nc2ccccc2)n1. The Morgan fingerprint density at radius 1 is 1.08 bits per heavy atom. The monoisotopic (exact) mass is 405 g/mol. The van der Waals surface area contributed by atoms with Crippen LogP contribution in [-0.4, -0.2) is 15.0 Å². The molecule has 0 fully saturated rings. The van der Waals surface area contributed by atoms with Crippen LogP contribution < -0.4 is 15.8 Å². The lowest BCUT2D eigenvalue weighted by Gasteiger charge is -2.09. The molecule has 0 amide bonds. The summed E-state index contributed by atoms with van der Waals surface area (Å²) >= 11 is 9.47. The minimum atomic E-state index is 0.115. The van der Waals surface area contributed by atoms with Crippen LogP contribution in [0.2, 0.25) is 5.02 Å².